The van der Waals surface area contributed by atoms with Crippen molar-refractivity contribution in [3.05, 3.63) is 27.9 Å². The van der Waals surface area contributed by atoms with Gasteiger partial charge in [0, 0.05) is 29.4 Å². The van der Waals surface area contributed by atoms with Crippen molar-refractivity contribution in [1.82, 2.24) is 9.88 Å². The van der Waals surface area contributed by atoms with Crippen molar-refractivity contribution in [2.24, 2.45) is 5.92 Å². The maximum Gasteiger partial charge on any atom is 0.308 e. The highest BCUT2D eigenvalue weighted by Gasteiger charge is 2.29. The molecular weight excluding hydrogens is 308 g/mol. The van der Waals surface area contributed by atoms with E-state index in [0.717, 1.165) is 17.0 Å². The minimum atomic E-state index is -0.829. The topological polar surface area (TPSA) is 70.5 Å². The van der Waals surface area contributed by atoms with Crippen molar-refractivity contribution in [3.8, 4) is 10.6 Å². The summed E-state index contributed by atoms with van der Waals surface area (Å²) in [5, 5.41) is 15.6. The van der Waals surface area contributed by atoms with Crippen LogP contribution in [0.25, 0.3) is 10.6 Å². The fraction of sp³-hybridized carbons (Fsp3) is 0.357. The standard InChI is InChI=1S/C14H14N2O3S2/c17-13(16-4-1-2-9(6-16)14(18)19)11-8-21-12(15-11)10-3-5-20-7-10/h3,5,7-9H,1-2,4,6H2,(H,18,19). The molecule has 21 heavy (non-hydrogen) atoms. The van der Waals surface area contributed by atoms with Gasteiger partial charge in [-0.15, -0.1) is 11.3 Å². The van der Waals surface area contributed by atoms with Crippen LogP contribution in [0.5, 0.6) is 0 Å². The number of piperidine rings is 1. The van der Waals surface area contributed by atoms with Crippen LogP contribution >= 0.6 is 22.7 Å². The first kappa shape index (κ1) is 14.2. The third kappa shape index (κ3) is 2.98. The molecule has 1 aliphatic rings. The van der Waals surface area contributed by atoms with Crippen LogP contribution in [0.1, 0.15) is 23.3 Å². The van der Waals surface area contributed by atoms with Crippen molar-refractivity contribution in [3.63, 3.8) is 0 Å². The summed E-state index contributed by atoms with van der Waals surface area (Å²) in [6, 6.07) is 1.97. The first-order chi connectivity index (χ1) is 10.1. The minimum Gasteiger partial charge on any atom is -0.481 e. The molecule has 1 unspecified atom stereocenters. The molecule has 1 amide bonds. The van der Waals surface area contributed by atoms with Crippen molar-refractivity contribution < 1.29 is 14.7 Å². The monoisotopic (exact) mass is 322 g/mol. The zero-order valence-electron chi connectivity index (χ0n) is 11.2. The van der Waals surface area contributed by atoms with Crippen LogP contribution in [0.2, 0.25) is 0 Å². The lowest BCUT2D eigenvalue weighted by Gasteiger charge is -2.30. The predicted molar refractivity (Wildman–Crippen MR) is 81.7 cm³/mol. The Morgan fingerprint density at radius 3 is 2.95 bits per heavy atom. The third-order valence-corrected chi connectivity index (χ3v) is 5.12. The van der Waals surface area contributed by atoms with Crippen LogP contribution in [-0.4, -0.2) is 40.0 Å². The molecule has 1 aliphatic heterocycles. The van der Waals surface area contributed by atoms with Gasteiger partial charge in [0.15, 0.2) is 0 Å². The fourth-order valence-corrected chi connectivity index (χ4v) is 3.92. The molecule has 5 nitrogen and oxygen atoms in total. The Kier molecular flexibility index (Phi) is 4.03. The van der Waals surface area contributed by atoms with Gasteiger partial charge in [0.2, 0.25) is 0 Å². The molecule has 0 saturated carbocycles. The highest BCUT2D eigenvalue weighted by atomic mass is 32.1. The van der Waals surface area contributed by atoms with Crippen molar-refractivity contribution in [1.29, 1.82) is 0 Å². The number of aliphatic carboxylic acids is 1. The smallest absolute Gasteiger partial charge is 0.308 e. The summed E-state index contributed by atoms with van der Waals surface area (Å²) in [5.41, 5.74) is 1.43. The molecular formula is C14H14N2O3S2. The van der Waals surface area contributed by atoms with Gasteiger partial charge in [-0.2, -0.15) is 11.3 Å². The number of likely N-dealkylation sites (tertiary alicyclic amines) is 1. The molecule has 0 radical (unpaired) electrons. The summed E-state index contributed by atoms with van der Waals surface area (Å²) in [5.74, 6) is -1.46. The van der Waals surface area contributed by atoms with Crippen LogP contribution in [0, 0.1) is 5.92 Å². The molecule has 2 aromatic heterocycles. The van der Waals surface area contributed by atoms with Gasteiger partial charge in [-0.3, -0.25) is 9.59 Å². The summed E-state index contributed by atoms with van der Waals surface area (Å²) < 4.78 is 0. The summed E-state index contributed by atoms with van der Waals surface area (Å²) in [4.78, 5) is 29.5. The second-order valence-electron chi connectivity index (χ2n) is 4.98. The molecule has 110 valence electrons. The van der Waals surface area contributed by atoms with Crippen LogP contribution in [0.4, 0.5) is 0 Å². The van der Waals surface area contributed by atoms with Gasteiger partial charge in [0.25, 0.3) is 5.91 Å². The number of amides is 1. The van der Waals surface area contributed by atoms with Crippen LogP contribution < -0.4 is 0 Å². The van der Waals surface area contributed by atoms with Gasteiger partial charge < -0.3 is 10.0 Å². The number of hydrogen-bond donors (Lipinski definition) is 1. The Balaban J connectivity index is 1.74. The highest BCUT2D eigenvalue weighted by Crippen LogP contribution is 2.27. The van der Waals surface area contributed by atoms with Gasteiger partial charge in [-0.25, -0.2) is 4.98 Å². The van der Waals surface area contributed by atoms with E-state index in [1.54, 1.807) is 21.6 Å². The van der Waals surface area contributed by atoms with Crippen LogP contribution in [0.3, 0.4) is 0 Å². The Labute approximate surface area is 129 Å². The molecule has 3 heterocycles. The van der Waals surface area contributed by atoms with E-state index in [0.29, 0.717) is 18.7 Å². The van der Waals surface area contributed by atoms with Gasteiger partial charge in [-0.1, -0.05) is 0 Å². The summed E-state index contributed by atoms with van der Waals surface area (Å²) in [6.07, 6.45) is 1.36. The Hall–Kier alpha value is -1.73. The second kappa shape index (κ2) is 5.95. The summed E-state index contributed by atoms with van der Waals surface area (Å²) in [6.45, 7) is 0.882. The van der Waals surface area contributed by atoms with Crippen molar-refractivity contribution >= 4 is 34.6 Å². The molecule has 1 N–H and O–H groups in total. The number of thiophene rings is 1. The number of carboxylic acid groups (broad SMARTS) is 1. The first-order valence-corrected chi connectivity index (χ1v) is 8.47. The van der Waals surface area contributed by atoms with Gasteiger partial charge >= 0.3 is 5.97 Å². The maximum atomic E-state index is 12.4. The Morgan fingerprint density at radius 2 is 2.24 bits per heavy atom. The molecule has 0 aromatic carbocycles. The Bertz CT molecular complexity index is 651. The number of hydrogen-bond acceptors (Lipinski definition) is 5. The molecule has 1 saturated heterocycles. The average Bonchev–Trinajstić information content (AvgIpc) is 3.17. The number of rotatable bonds is 3. The van der Waals surface area contributed by atoms with E-state index in [9.17, 15) is 9.59 Å². The van der Waals surface area contributed by atoms with E-state index in [1.165, 1.54) is 11.3 Å². The number of carbonyl (C=O) groups is 2. The molecule has 1 atom stereocenters. The van der Waals surface area contributed by atoms with Crippen LogP contribution in [-0.2, 0) is 4.79 Å². The zero-order valence-corrected chi connectivity index (χ0v) is 12.8. The lowest BCUT2D eigenvalue weighted by molar-refractivity contribution is -0.143. The van der Waals surface area contributed by atoms with Gasteiger partial charge in [0.05, 0.1) is 5.92 Å². The quantitative estimate of drug-likeness (QED) is 0.943. The zero-order chi connectivity index (χ0) is 14.8. The molecule has 0 aliphatic carbocycles. The number of thiazole rings is 1. The first-order valence-electron chi connectivity index (χ1n) is 6.65. The van der Waals surface area contributed by atoms with E-state index >= 15 is 0 Å². The molecule has 1 fully saturated rings. The molecule has 2 aromatic rings. The number of carbonyl (C=O) groups excluding carboxylic acids is 1. The van der Waals surface area contributed by atoms with E-state index in [1.807, 2.05) is 16.8 Å². The predicted octanol–water partition coefficient (Wildman–Crippen LogP) is 2.81. The highest BCUT2D eigenvalue weighted by molar-refractivity contribution is 7.14. The van der Waals surface area contributed by atoms with E-state index < -0.39 is 11.9 Å². The largest absolute Gasteiger partial charge is 0.481 e. The van der Waals surface area contributed by atoms with E-state index in [2.05, 4.69) is 4.98 Å². The Morgan fingerprint density at radius 1 is 1.38 bits per heavy atom. The number of aromatic nitrogens is 1. The van der Waals surface area contributed by atoms with Crippen LogP contribution in [0.15, 0.2) is 22.2 Å². The maximum absolute atomic E-state index is 12.4. The SMILES string of the molecule is O=C(O)C1CCCN(C(=O)c2csc(-c3ccsc3)n2)C1. The summed E-state index contributed by atoms with van der Waals surface area (Å²) >= 11 is 3.03. The van der Waals surface area contributed by atoms with E-state index in [4.69, 9.17) is 5.11 Å². The lowest BCUT2D eigenvalue weighted by Crippen LogP contribution is -2.42. The van der Waals surface area contributed by atoms with Gasteiger partial charge in [0.1, 0.15) is 10.7 Å². The molecule has 0 bridgehead atoms. The van der Waals surface area contributed by atoms with Crippen molar-refractivity contribution in [2.75, 3.05) is 13.1 Å². The number of nitrogens with zero attached hydrogens (tertiary/aromatic N) is 2. The van der Waals surface area contributed by atoms with E-state index in [-0.39, 0.29) is 12.5 Å². The fourth-order valence-electron chi connectivity index (χ4n) is 2.42. The molecule has 0 spiro atoms. The third-order valence-electron chi connectivity index (χ3n) is 3.55. The lowest BCUT2D eigenvalue weighted by atomic mass is 9.98. The number of carboxylic acids is 1. The average molecular weight is 322 g/mol. The van der Waals surface area contributed by atoms with Gasteiger partial charge in [-0.05, 0) is 24.3 Å². The second-order valence-corrected chi connectivity index (χ2v) is 6.62. The molecule has 3 rings (SSSR count). The summed E-state index contributed by atoms with van der Waals surface area (Å²) in [7, 11) is 0. The minimum absolute atomic E-state index is 0.168. The normalized spacial score (nSPS) is 18.7. The molecule has 7 heteroatoms. The van der Waals surface area contributed by atoms with Crippen molar-refractivity contribution in [2.45, 2.75) is 12.8 Å².